The van der Waals surface area contributed by atoms with Crippen LogP contribution in [-0.2, 0) is 12.8 Å². The van der Waals surface area contributed by atoms with Gasteiger partial charge in [0.25, 0.3) is 5.69 Å². The number of phenolic OH excluding ortho intramolecular Hbond substituents is 1. The highest BCUT2D eigenvalue weighted by Crippen LogP contribution is 2.36. The Bertz CT molecular complexity index is 788. The summed E-state index contributed by atoms with van der Waals surface area (Å²) >= 11 is 0. The van der Waals surface area contributed by atoms with Gasteiger partial charge < -0.3 is 5.11 Å². The molecule has 0 atom stereocenters. The van der Waals surface area contributed by atoms with Crippen molar-refractivity contribution in [3.8, 4) is 5.75 Å². The molecule has 2 aromatic rings. The second-order valence-corrected chi connectivity index (χ2v) is 6.28. The summed E-state index contributed by atoms with van der Waals surface area (Å²) in [6, 6.07) is 10.0. The van der Waals surface area contributed by atoms with E-state index < -0.39 is 4.92 Å². The zero-order valence-corrected chi connectivity index (χ0v) is 15.3. The standard InChI is InChI=1S/C20H25N3O3/c1-3-5-9-15-13-16(10-6-4-2)20(24)18(14-15)22-21-17-11-7-8-12-19(17)23(25)26/h7-8,11-14,24H,3-6,9-10H2,1-2H3. The van der Waals surface area contributed by atoms with E-state index in [-0.39, 0.29) is 17.1 Å². The second-order valence-electron chi connectivity index (χ2n) is 6.28. The summed E-state index contributed by atoms with van der Waals surface area (Å²) < 4.78 is 0. The van der Waals surface area contributed by atoms with Gasteiger partial charge in [0, 0.05) is 6.07 Å². The zero-order chi connectivity index (χ0) is 18.9. The highest BCUT2D eigenvalue weighted by molar-refractivity contribution is 5.60. The summed E-state index contributed by atoms with van der Waals surface area (Å²) in [4.78, 5) is 10.6. The van der Waals surface area contributed by atoms with Gasteiger partial charge in [-0.2, -0.15) is 0 Å². The van der Waals surface area contributed by atoms with Crippen LogP contribution in [0.15, 0.2) is 46.6 Å². The fourth-order valence-electron chi connectivity index (χ4n) is 2.71. The zero-order valence-electron chi connectivity index (χ0n) is 15.3. The first-order valence-corrected chi connectivity index (χ1v) is 9.06. The van der Waals surface area contributed by atoms with E-state index in [0.29, 0.717) is 5.69 Å². The maximum atomic E-state index is 11.1. The molecular weight excluding hydrogens is 330 g/mol. The molecule has 0 aromatic heterocycles. The molecule has 6 nitrogen and oxygen atoms in total. The van der Waals surface area contributed by atoms with Crippen molar-refractivity contribution < 1.29 is 10.0 Å². The Morgan fingerprint density at radius 2 is 1.65 bits per heavy atom. The van der Waals surface area contributed by atoms with E-state index in [1.165, 1.54) is 12.1 Å². The van der Waals surface area contributed by atoms with Gasteiger partial charge >= 0.3 is 0 Å². The fourth-order valence-corrected chi connectivity index (χ4v) is 2.71. The van der Waals surface area contributed by atoms with E-state index in [9.17, 15) is 15.2 Å². The molecule has 1 N–H and O–H groups in total. The molecule has 0 fully saturated rings. The summed E-state index contributed by atoms with van der Waals surface area (Å²) in [6.45, 7) is 4.24. The van der Waals surface area contributed by atoms with E-state index in [4.69, 9.17) is 0 Å². The van der Waals surface area contributed by atoms with Crippen LogP contribution in [0.4, 0.5) is 17.1 Å². The van der Waals surface area contributed by atoms with Gasteiger partial charge in [-0.1, -0.05) is 44.9 Å². The Hall–Kier alpha value is -2.76. The largest absolute Gasteiger partial charge is 0.505 e. The average molecular weight is 355 g/mol. The molecule has 0 saturated carbocycles. The average Bonchev–Trinajstić information content (AvgIpc) is 2.65. The molecule has 6 heteroatoms. The quantitative estimate of drug-likeness (QED) is 0.320. The van der Waals surface area contributed by atoms with Crippen molar-refractivity contribution in [2.75, 3.05) is 0 Å². The van der Waals surface area contributed by atoms with Crippen LogP contribution in [0.25, 0.3) is 0 Å². The van der Waals surface area contributed by atoms with Crippen LogP contribution in [0.5, 0.6) is 5.75 Å². The van der Waals surface area contributed by atoms with Crippen LogP contribution in [-0.4, -0.2) is 10.0 Å². The maximum absolute atomic E-state index is 11.1. The molecule has 0 unspecified atom stereocenters. The number of hydrogen-bond donors (Lipinski definition) is 1. The molecule has 0 aliphatic rings. The summed E-state index contributed by atoms with van der Waals surface area (Å²) in [7, 11) is 0. The van der Waals surface area contributed by atoms with E-state index in [1.54, 1.807) is 12.1 Å². The number of benzene rings is 2. The number of rotatable bonds is 9. The van der Waals surface area contributed by atoms with E-state index in [2.05, 4.69) is 24.1 Å². The highest BCUT2D eigenvalue weighted by Gasteiger charge is 2.13. The Morgan fingerprint density at radius 3 is 2.35 bits per heavy atom. The number of nitro benzene ring substituents is 1. The lowest BCUT2D eigenvalue weighted by molar-refractivity contribution is -0.384. The third kappa shape index (κ3) is 5.12. The van der Waals surface area contributed by atoms with Crippen molar-refractivity contribution in [1.82, 2.24) is 0 Å². The molecule has 2 rings (SSSR count). The summed E-state index contributed by atoms with van der Waals surface area (Å²) in [5.41, 5.74) is 2.39. The van der Waals surface area contributed by atoms with Gasteiger partial charge in [0.1, 0.15) is 11.4 Å². The first kappa shape index (κ1) is 19.6. The minimum atomic E-state index is -0.488. The van der Waals surface area contributed by atoms with Crippen molar-refractivity contribution in [3.63, 3.8) is 0 Å². The van der Waals surface area contributed by atoms with Crippen LogP contribution in [0.2, 0.25) is 0 Å². The van der Waals surface area contributed by atoms with Gasteiger partial charge in [0.2, 0.25) is 0 Å². The number of aryl methyl sites for hydroxylation is 2. The first-order chi connectivity index (χ1) is 12.6. The molecule has 138 valence electrons. The lowest BCUT2D eigenvalue weighted by atomic mass is 10.00. The smallest absolute Gasteiger partial charge is 0.296 e. The van der Waals surface area contributed by atoms with Gasteiger partial charge in [-0.25, -0.2) is 0 Å². The number of azo groups is 1. The normalized spacial score (nSPS) is 11.2. The van der Waals surface area contributed by atoms with E-state index in [1.807, 2.05) is 12.1 Å². The SMILES string of the molecule is CCCCc1cc(CCCC)c(O)c(N=Nc2ccccc2[N+](=O)[O-])c1. The van der Waals surface area contributed by atoms with Crippen LogP contribution < -0.4 is 0 Å². The van der Waals surface area contributed by atoms with Crippen molar-refractivity contribution in [1.29, 1.82) is 0 Å². The van der Waals surface area contributed by atoms with Crippen LogP contribution in [0.3, 0.4) is 0 Å². The molecule has 0 bridgehead atoms. The number of aromatic hydroxyl groups is 1. The minimum absolute atomic E-state index is 0.107. The Morgan fingerprint density at radius 1 is 1.00 bits per heavy atom. The third-order valence-electron chi connectivity index (χ3n) is 4.19. The lowest BCUT2D eigenvalue weighted by Gasteiger charge is -2.10. The predicted octanol–water partition coefficient (Wildman–Crippen LogP) is 6.40. The van der Waals surface area contributed by atoms with Crippen molar-refractivity contribution >= 4 is 17.1 Å². The van der Waals surface area contributed by atoms with Crippen LogP contribution in [0, 0.1) is 10.1 Å². The molecule has 0 amide bonds. The predicted molar refractivity (Wildman–Crippen MR) is 103 cm³/mol. The molecule has 0 spiro atoms. The Labute approximate surface area is 153 Å². The summed E-state index contributed by atoms with van der Waals surface area (Å²) in [5, 5.41) is 29.8. The summed E-state index contributed by atoms with van der Waals surface area (Å²) in [5.74, 6) is 0.112. The Balaban J connectivity index is 2.39. The molecule has 0 heterocycles. The number of para-hydroxylation sites is 1. The van der Waals surface area contributed by atoms with Gasteiger partial charge in [0.15, 0.2) is 5.69 Å². The molecular formula is C20H25N3O3. The minimum Gasteiger partial charge on any atom is -0.505 e. The van der Waals surface area contributed by atoms with Crippen LogP contribution in [0.1, 0.15) is 50.7 Å². The van der Waals surface area contributed by atoms with E-state index >= 15 is 0 Å². The van der Waals surface area contributed by atoms with Gasteiger partial charge in [-0.3, -0.25) is 10.1 Å². The molecule has 2 aromatic carbocycles. The molecule has 0 aliphatic carbocycles. The van der Waals surface area contributed by atoms with Gasteiger partial charge in [0.05, 0.1) is 4.92 Å². The van der Waals surface area contributed by atoms with Crippen molar-refractivity contribution in [3.05, 3.63) is 57.6 Å². The first-order valence-electron chi connectivity index (χ1n) is 9.06. The Kier molecular flexibility index (Phi) is 7.26. The molecule has 0 radical (unpaired) electrons. The van der Waals surface area contributed by atoms with Crippen molar-refractivity contribution in [2.45, 2.75) is 52.4 Å². The number of hydrogen-bond acceptors (Lipinski definition) is 5. The summed E-state index contributed by atoms with van der Waals surface area (Å²) in [6.07, 6.45) is 5.83. The lowest BCUT2D eigenvalue weighted by Crippen LogP contribution is -1.92. The number of nitrogens with zero attached hydrogens (tertiary/aromatic N) is 3. The highest BCUT2D eigenvalue weighted by atomic mass is 16.6. The topological polar surface area (TPSA) is 88.1 Å². The van der Waals surface area contributed by atoms with Crippen molar-refractivity contribution in [2.24, 2.45) is 10.2 Å². The maximum Gasteiger partial charge on any atom is 0.296 e. The fraction of sp³-hybridized carbons (Fsp3) is 0.400. The number of nitro groups is 1. The molecule has 0 saturated heterocycles. The van der Waals surface area contributed by atoms with E-state index in [0.717, 1.165) is 49.7 Å². The van der Waals surface area contributed by atoms with Gasteiger partial charge in [-0.05, 0) is 48.9 Å². The number of phenols is 1. The van der Waals surface area contributed by atoms with Crippen LogP contribution >= 0.6 is 0 Å². The molecule has 26 heavy (non-hydrogen) atoms. The monoisotopic (exact) mass is 355 g/mol. The van der Waals surface area contributed by atoms with Gasteiger partial charge in [-0.15, -0.1) is 10.2 Å². The third-order valence-corrected chi connectivity index (χ3v) is 4.19. The molecule has 0 aliphatic heterocycles. The number of unbranched alkanes of at least 4 members (excludes halogenated alkanes) is 2. The second kappa shape index (κ2) is 9.65.